The lowest BCUT2D eigenvalue weighted by molar-refractivity contribution is 0.0592. The Balaban J connectivity index is 1.37. The van der Waals surface area contributed by atoms with E-state index in [4.69, 9.17) is 15.6 Å². The number of unbranched alkanes of at least 4 members (excludes halogenated alkanes) is 2. The number of nitrogens with zero attached hydrogens (tertiary/aromatic N) is 3. The van der Waals surface area contributed by atoms with Gasteiger partial charge in [0, 0.05) is 24.0 Å². The first-order valence-electron chi connectivity index (χ1n) is 11.8. The monoisotopic (exact) mass is 448 g/mol. The molecule has 8 heteroatoms. The highest BCUT2D eigenvalue weighted by atomic mass is 16.7. The molecule has 3 aromatic rings. The van der Waals surface area contributed by atoms with Gasteiger partial charge in [-0.05, 0) is 44.2 Å². The predicted molar refractivity (Wildman–Crippen MR) is 131 cm³/mol. The van der Waals surface area contributed by atoms with Gasteiger partial charge in [-0.25, -0.2) is 20.2 Å². The quantitative estimate of drug-likeness (QED) is 0.306. The number of para-hydroxylation sites is 1. The second-order valence-electron chi connectivity index (χ2n) is 8.25. The lowest BCUT2D eigenvalue weighted by atomic mass is 10.1. The number of pyridine rings is 1. The summed E-state index contributed by atoms with van der Waals surface area (Å²) in [6.45, 7) is 3.42. The molecule has 0 saturated heterocycles. The summed E-state index contributed by atoms with van der Waals surface area (Å²) >= 11 is 0. The first-order valence-corrected chi connectivity index (χ1v) is 11.8. The highest BCUT2D eigenvalue weighted by Gasteiger charge is 2.16. The zero-order chi connectivity index (χ0) is 23.0. The average molecular weight is 449 g/mol. The van der Waals surface area contributed by atoms with Crippen molar-refractivity contribution in [1.82, 2.24) is 25.3 Å². The minimum absolute atomic E-state index is 0.357. The van der Waals surface area contributed by atoms with Crippen LogP contribution in [0.25, 0.3) is 21.9 Å². The Hall–Kier alpha value is -3.39. The third kappa shape index (κ3) is 5.51. The summed E-state index contributed by atoms with van der Waals surface area (Å²) in [5.74, 6) is 1.52. The van der Waals surface area contributed by atoms with Crippen LogP contribution in [-0.2, 0) is 17.8 Å². The van der Waals surface area contributed by atoms with Gasteiger partial charge in [0.1, 0.15) is 11.3 Å². The maximum absolute atomic E-state index is 11.9. The Morgan fingerprint density at radius 1 is 1.18 bits per heavy atom. The number of hydrogen-bond acceptors (Lipinski definition) is 5. The summed E-state index contributed by atoms with van der Waals surface area (Å²) in [6.07, 6.45) is 12.7. The largest absolute Gasteiger partial charge is 0.382 e. The van der Waals surface area contributed by atoms with Crippen LogP contribution in [0.5, 0.6) is 0 Å². The Morgan fingerprint density at radius 2 is 2.06 bits per heavy atom. The lowest BCUT2D eigenvalue weighted by Crippen LogP contribution is -2.35. The molecule has 1 aromatic carbocycles. The van der Waals surface area contributed by atoms with Crippen molar-refractivity contribution in [3.8, 4) is 0 Å². The average Bonchev–Trinajstić information content (AvgIpc) is 3.20. The van der Waals surface area contributed by atoms with Crippen LogP contribution >= 0.6 is 0 Å². The third-order valence-electron chi connectivity index (χ3n) is 5.74. The minimum atomic E-state index is -0.357. The van der Waals surface area contributed by atoms with E-state index in [0.29, 0.717) is 12.4 Å². The van der Waals surface area contributed by atoms with Gasteiger partial charge in [0.15, 0.2) is 5.82 Å². The minimum Gasteiger partial charge on any atom is -0.382 e. The fourth-order valence-corrected chi connectivity index (χ4v) is 4.09. The molecule has 33 heavy (non-hydrogen) atoms. The number of benzene rings is 1. The highest BCUT2D eigenvalue weighted by molar-refractivity contribution is 6.06. The van der Waals surface area contributed by atoms with Crippen LogP contribution in [0.3, 0.4) is 0 Å². The van der Waals surface area contributed by atoms with Crippen LogP contribution in [0.2, 0.25) is 0 Å². The van der Waals surface area contributed by atoms with E-state index < -0.39 is 0 Å². The van der Waals surface area contributed by atoms with Crippen molar-refractivity contribution >= 4 is 33.8 Å². The third-order valence-corrected chi connectivity index (χ3v) is 5.74. The van der Waals surface area contributed by atoms with Crippen LogP contribution in [-0.4, -0.2) is 27.2 Å². The van der Waals surface area contributed by atoms with Crippen molar-refractivity contribution in [2.75, 3.05) is 12.3 Å². The maximum Gasteiger partial charge on any atom is 0.343 e. The Labute approximate surface area is 193 Å². The Bertz CT molecular complexity index is 1180. The molecule has 2 aromatic heterocycles. The molecule has 0 fully saturated rings. The fourth-order valence-electron chi connectivity index (χ4n) is 4.09. The van der Waals surface area contributed by atoms with E-state index in [-0.39, 0.29) is 6.03 Å². The number of anilines is 1. The molecule has 0 aliphatic heterocycles. The number of fused-ring (bicyclic) bond motifs is 3. The van der Waals surface area contributed by atoms with Crippen molar-refractivity contribution in [2.45, 2.75) is 58.4 Å². The smallest absolute Gasteiger partial charge is 0.343 e. The van der Waals surface area contributed by atoms with Crippen LogP contribution < -0.4 is 16.5 Å². The molecule has 4 N–H and O–H groups in total. The summed E-state index contributed by atoms with van der Waals surface area (Å²) in [5, 5.41) is 3.84. The van der Waals surface area contributed by atoms with Crippen molar-refractivity contribution < 1.29 is 9.63 Å². The number of nitrogens with one attached hydrogen (secondary N) is 2. The van der Waals surface area contributed by atoms with Crippen molar-refractivity contribution in [3.05, 3.63) is 54.0 Å². The van der Waals surface area contributed by atoms with Crippen LogP contribution in [0.15, 0.2) is 48.2 Å². The molecule has 0 atom stereocenters. The lowest BCUT2D eigenvalue weighted by Gasteiger charge is -2.12. The molecular weight excluding hydrogens is 416 g/mol. The van der Waals surface area contributed by atoms with Gasteiger partial charge in [-0.1, -0.05) is 43.7 Å². The van der Waals surface area contributed by atoms with Gasteiger partial charge < -0.3 is 15.6 Å². The number of urea groups is 1. The molecule has 0 unspecified atom stereocenters. The first kappa shape index (κ1) is 22.8. The molecule has 2 heterocycles. The van der Waals surface area contributed by atoms with Gasteiger partial charge in [0.05, 0.1) is 17.6 Å². The number of nitrogens with two attached hydrogens (primary N) is 1. The van der Waals surface area contributed by atoms with Gasteiger partial charge >= 0.3 is 6.03 Å². The summed E-state index contributed by atoms with van der Waals surface area (Å²) < 4.78 is 2.29. The second-order valence-corrected chi connectivity index (χ2v) is 8.25. The fraction of sp³-hybridized carbons (Fsp3) is 0.400. The van der Waals surface area contributed by atoms with Crippen molar-refractivity contribution in [2.24, 2.45) is 0 Å². The summed E-state index contributed by atoms with van der Waals surface area (Å²) in [5.41, 5.74) is 12.2. The molecule has 0 bridgehead atoms. The molecule has 0 saturated carbocycles. The van der Waals surface area contributed by atoms with Gasteiger partial charge in [0.25, 0.3) is 0 Å². The van der Waals surface area contributed by atoms with E-state index in [1.165, 1.54) is 0 Å². The summed E-state index contributed by atoms with van der Waals surface area (Å²) in [6, 6.07) is 7.70. The molecule has 1 aliphatic rings. The van der Waals surface area contributed by atoms with E-state index >= 15 is 0 Å². The summed E-state index contributed by atoms with van der Waals surface area (Å²) in [7, 11) is 0. The van der Waals surface area contributed by atoms with E-state index in [9.17, 15) is 4.79 Å². The zero-order valence-corrected chi connectivity index (χ0v) is 19.1. The first-order chi connectivity index (χ1) is 16.2. The number of nitrogen functional groups attached to an aromatic ring is 1. The molecule has 0 radical (unpaired) electrons. The number of hydrogen-bond donors (Lipinski definition) is 3. The highest BCUT2D eigenvalue weighted by Crippen LogP contribution is 2.29. The molecule has 4 rings (SSSR count). The number of carbonyl (C=O) groups excluding carboxylic acids is 1. The van der Waals surface area contributed by atoms with E-state index in [1.54, 1.807) is 0 Å². The molecule has 2 amide bonds. The van der Waals surface area contributed by atoms with Gasteiger partial charge in [-0.2, -0.15) is 0 Å². The van der Waals surface area contributed by atoms with E-state index in [2.05, 4.69) is 33.3 Å². The van der Waals surface area contributed by atoms with Crippen LogP contribution in [0, 0.1) is 0 Å². The van der Waals surface area contributed by atoms with Gasteiger partial charge in [-0.3, -0.25) is 4.84 Å². The number of imidazole rings is 1. The number of hydroxylamine groups is 1. The molecule has 8 nitrogen and oxygen atoms in total. The van der Waals surface area contributed by atoms with E-state index in [0.717, 1.165) is 84.9 Å². The molecular formula is C25H32N6O2. The van der Waals surface area contributed by atoms with Crippen LogP contribution in [0.4, 0.5) is 10.6 Å². The molecule has 1 aliphatic carbocycles. The number of allylic oxidation sites excluding steroid dienone is 3. The predicted octanol–water partition coefficient (Wildman–Crippen LogP) is 4.75. The topological polar surface area (TPSA) is 107 Å². The summed E-state index contributed by atoms with van der Waals surface area (Å²) in [4.78, 5) is 26.7. The second kappa shape index (κ2) is 11.0. The van der Waals surface area contributed by atoms with Gasteiger partial charge in [0.2, 0.25) is 0 Å². The number of aromatic nitrogens is 3. The number of aryl methyl sites for hydroxylation is 2. The molecule has 0 spiro atoms. The van der Waals surface area contributed by atoms with Crippen molar-refractivity contribution in [3.63, 3.8) is 0 Å². The number of carbonyl (C=O) groups is 1. The Kier molecular flexibility index (Phi) is 7.57. The van der Waals surface area contributed by atoms with E-state index in [1.807, 2.05) is 36.4 Å². The van der Waals surface area contributed by atoms with Gasteiger partial charge in [-0.15, -0.1) is 0 Å². The Morgan fingerprint density at radius 3 is 2.88 bits per heavy atom. The zero-order valence-electron chi connectivity index (χ0n) is 19.1. The number of amides is 2. The number of rotatable bonds is 10. The SMILES string of the molecule is CCCCc1nc2c(N)nc3ccccc3c2n1CCCCONC(=O)NC1=CCCC=C1. The normalized spacial score (nSPS) is 13.4. The van der Waals surface area contributed by atoms with Crippen LogP contribution in [0.1, 0.15) is 51.3 Å². The maximum atomic E-state index is 11.9. The van der Waals surface area contributed by atoms with Crippen molar-refractivity contribution in [1.29, 1.82) is 0 Å². The molecule has 174 valence electrons. The standard InChI is InChI=1S/C25H32N6O2/c1-2-3-15-21-29-22-23(19-13-7-8-14-20(19)28-24(22)26)31(21)16-9-10-17-33-30-25(32)27-18-11-5-4-6-12-18/h5,7-8,11-14H,2-4,6,9-10,15-17H2,1H3,(H2,26,28)(H2,27,30,32).